The monoisotopic (exact) mass is 254 g/mol. The van der Waals surface area contributed by atoms with Crippen LogP contribution in [0.3, 0.4) is 0 Å². The van der Waals surface area contributed by atoms with E-state index in [2.05, 4.69) is 10.6 Å². The Bertz CT molecular complexity index is 390. The van der Waals surface area contributed by atoms with Crippen molar-refractivity contribution < 1.29 is 9.59 Å². The summed E-state index contributed by atoms with van der Waals surface area (Å²) in [4.78, 5) is 22.4. The number of hydrogen-bond acceptors (Lipinski definition) is 2. The molecule has 0 aromatic heterocycles. The molecule has 0 saturated heterocycles. The molecule has 0 aliphatic heterocycles. The van der Waals surface area contributed by atoms with Crippen molar-refractivity contribution >= 4 is 29.1 Å². The molecule has 2 amide bonds. The van der Waals surface area contributed by atoms with Crippen molar-refractivity contribution in [1.82, 2.24) is 5.32 Å². The summed E-state index contributed by atoms with van der Waals surface area (Å²) in [5.41, 5.74) is 1.24. The van der Waals surface area contributed by atoms with E-state index in [0.717, 1.165) is 6.42 Å². The smallest absolute Gasteiger partial charge is 0.251 e. The quantitative estimate of drug-likeness (QED) is 0.624. The Morgan fingerprint density at radius 3 is 2.41 bits per heavy atom. The average molecular weight is 255 g/mol. The number of alkyl halides is 1. The Morgan fingerprint density at radius 2 is 1.88 bits per heavy atom. The number of rotatable bonds is 5. The van der Waals surface area contributed by atoms with Gasteiger partial charge in [-0.25, -0.2) is 0 Å². The molecule has 0 unspecified atom stereocenters. The van der Waals surface area contributed by atoms with E-state index in [-0.39, 0.29) is 11.8 Å². The Kier molecular flexibility index (Phi) is 5.49. The summed E-state index contributed by atoms with van der Waals surface area (Å²) in [5, 5.41) is 5.38. The number of halogens is 1. The highest BCUT2D eigenvalue weighted by Crippen LogP contribution is 2.09. The fourth-order valence-corrected chi connectivity index (χ4v) is 1.41. The molecule has 0 spiro atoms. The highest BCUT2D eigenvalue weighted by atomic mass is 35.5. The minimum atomic E-state index is -0.135. The third kappa shape index (κ3) is 4.87. The lowest BCUT2D eigenvalue weighted by molar-refractivity contribution is -0.114. The van der Waals surface area contributed by atoms with Crippen molar-refractivity contribution in [2.24, 2.45) is 0 Å². The summed E-state index contributed by atoms with van der Waals surface area (Å²) in [6.07, 6.45) is 0.747. The zero-order chi connectivity index (χ0) is 12.7. The molecule has 5 heteroatoms. The van der Waals surface area contributed by atoms with Crippen LogP contribution < -0.4 is 10.6 Å². The van der Waals surface area contributed by atoms with Gasteiger partial charge in [-0.1, -0.05) is 0 Å². The second kappa shape index (κ2) is 6.91. The van der Waals surface area contributed by atoms with Gasteiger partial charge >= 0.3 is 0 Å². The molecule has 0 saturated carbocycles. The molecule has 0 atom stereocenters. The van der Waals surface area contributed by atoms with E-state index in [0.29, 0.717) is 23.7 Å². The zero-order valence-corrected chi connectivity index (χ0v) is 10.4. The molecule has 1 aromatic carbocycles. The number of carbonyl (C=O) groups is 2. The van der Waals surface area contributed by atoms with Crippen LogP contribution in [0.1, 0.15) is 23.7 Å². The molecule has 0 aliphatic carbocycles. The molecular formula is C12H15ClN2O2. The van der Waals surface area contributed by atoms with Gasteiger partial charge in [0.15, 0.2) is 0 Å². The average Bonchev–Trinajstić information content (AvgIpc) is 2.29. The maximum atomic E-state index is 11.6. The van der Waals surface area contributed by atoms with Gasteiger partial charge in [-0.15, -0.1) is 11.6 Å². The zero-order valence-electron chi connectivity index (χ0n) is 9.63. The SMILES string of the molecule is CC(=O)Nc1ccc(C(=O)NCCCCl)cc1. The molecule has 92 valence electrons. The maximum absolute atomic E-state index is 11.6. The summed E-state index contributed by atoms with van der Waals surface area (Å²) in [7, 11) is 0. The van der Waals surface area contributed by atoms with E-state index < -0.39 is 0 Å². The van der Waals surface area contributed by atoms with Crippen molar-refractivity contribution in [3.05, 3.63) is 29.8 Å². The summed E-state index contributed by atoms with van der Waals surface area (Å²) in [6, 6.07) is 6.72. The maximum Gasteiger partial charge on any atom is 0.251 e. The van der Waals surface area contributed by atoms with Crippen molar-refractivity contribution in [1.29, 1.82) is 0 Å². The van der Waals surface area contributed by atoms with Gasteiger partial charge in [-0.3, -0.25) is 9.59 Å². The molecule has 0 bridgehead atoms. The van der Waals surface area contributed by atoms with Gasteiger partial charge in [0.1, 0.15) is 0 Å². The normalized spacial score (nSPS) is 9.76. The highest BCUT2D eigenvalue weighted by Gasteiger charge is 2.04. The van der Waals surface area contributed by atoms with Gasteiger partial charge in [-0.2, -0.15) is 0 Å². The topological polar surface area (TPSA) is 58.2 Å². The van der Waals surface area contributed by atoms with Crippen molar-refractivity contribution in [3.8, 4) is 0 Å². The fourth-order valence-electron chi connectivity index (χ4n) is 1.28. The Morgan fingerprint density at radius 1 is 1.24 bits per heavy atom. The Hall–Kier alpha value is -1.55. The molecule has 0 heterocycles. The lowest BCUT2D eigenvalue weighted by Gasteiger charge is -2.05. The molecule has 0 fully saturated rings. The van der Waals surface area contributed by atoms with Crippen molar-refractivity contribution in [2.45, 2.75) is 13.3 Å². The second-order valence-corrected chi connectivity index (χ2v) is 3.93. The fraction of sp³-hybridized carbons (Fsp3) is 0.333. The van der Waals surface area contributed by atoms with Crippen LogP contribution in [0.25, 0.3) is 0 Å². The summed E-state index contributed by atoms with van der Waals surface area (Å²) < 4.78 is 0. The number of nitrogens with one attached hydrogen (secondary N) is 2. The van der Waals surface area contributed by atoms with Crippen LogP contribution in [-0.2, 0) is 4.79 Å². The third-order valence-electron chi connectivity index (χ3n) is 2.06. The number of carbonyl (C=O) groups excluding carboxylic acids is 2. The van der Waals surface area contributed by atoms with Gasteiger partial charge in [0.2, 0.25) is 5.91 Å². The van der Waals surface area contributed by atoms with Crippen LogP contribution in [0, 0.1) is 0 Å². The van der Waals surface area contributed by atoms with E-state index in [1.807, 2.05) is 0 Å². The third-order valence-corrected chi connectivity index (χ3v) is 2.33. The van der Waals surface area contributed by atoms with Gasteiger partial charge in [-0.05, 0) is 30.7 Å². The van der Waals surface area contributed by atoms with E-state index in [9.17, 15) is 9.59 Å². The van der Waals surface area contributed by atoms with Gasteiger partial charge in [0.05, 0.1) is 0 Å². The van der Waals surface area contributed by atoms with E-state index >= 15 is 0 Å². The Balaban J connectivity index is 2.54. The van der Waals surface area contributed by atoms with Gasteiger partial charge < -0.3 is 10.6 Å². The van der Waals surface area contributed by atoms with E-state index in [1.165, 1.54) is 6.92 Å². The summed E-state index contributed by atoms with van der Waals surface area (Å²) in [5.74, 6) is 0.260. The van der Waals surface area contributed by atoms with Crippen LogP contribution in [0.2, 0.25) is 0 Å². The van der Waals surface area contributed by atoms with Crippen molar-refractivity contribution in [2.75, 3.05) is 17.7 Å². The molecule has 1 aromatic rings. The lowest BCUT2D eigenvalue weighted by Crippen LogP contribution is -2.24. The summed E-state index contributed by atoms with van der Waals surface area (Å²) in [6.45, 7) is 2.00. The van der Waals surface area contributed by atoms with Crippen LogP contribution in [0.4, 0.5) is 5.69 Å². The molecule has 0 radical (unpaired) electrons. The molecule has 1 rings (SSSR count). The van der Waals surface area contributed by atoms with Crippen LogP contribution in [0.5, 0.6) is 0 Å². The minimum absolute atomic E-state index is 0.135. The largest absolute Gasteiger partial charge is 0.352 e. The molecule has 4 nitrogen and oxygen atoms in total. The number of hydrogen-bond donors (Lipinski definition) is 2. The van der Waals surface area contributed by atoms with Gasteiger partial charge in [0, 0.05) is 30.6 Å². The number of amides is 2. The second-order valence-electron chi connectivity index (χ2n) is 3.56. The first kappa shape index (κ1) is 13.5. The first-order valence-corrected chi connectivity index (χ1v) is 5.88. The lowest BCUT2D eigenvalue weighted by atomic mass is 10.2. The predicted octanol–water partition coefficient (Wildman–Crippen LogP) is 2.00. The Labute approximate surface area is 105 Å². The van der Waals surface area contributed by atoms with E-state index in [4.69, 9.17) is 11.6 Å². The minimum Gasteiger partial charge on any atom is -0.352 e. The molecular weight excluding hydrogens is 240 g/mol. The number of anilines is 1. The van der Waals surface area contributed by atoms with Crippen LogP contribution >= 0.6 is 11.6 Å². The standard InChI is InChI=1S/C12H15ClN2O2/c1-9(16)15-11-5-3-10(4-6-11)12(17)14-8-2-7-13/h3-6H,2,7-8H2,1H3,(H,14,17)(H,15,16). The highest BCUT2D eigenvalue weighted by molar-refractivity contribution is 6.17. The van der Waals surface area contributed by atoms with Gasteiger partial charge in [0.25, 0.3) is 5.91 Å². The van der Waals surface area contributed by atoms with Crippen LogP contribution in [0.15, 0.2) is 24.3 Å². The molecule has 17 heavy (non-hydrogen) atoms. The van der Waals surface area contributed by atoms with Crippen LogP contribution in [-0.4, -0.2) is 24.2 Å². The first-order chi connectivity index (χ1) is 8.13. The van der Waals surface area contributed by atoms with E-state index in [1.54, 1.807) is 24.3 Å². The first-order valence-electron chi connectivity index (χ1n) is 5.35. The molecule has 0 aliphatic rings. The predicted molar refractivity (Wildman–Crippen MR) is 68.4 cm³/mol. The molecule has 2 N–H and O–H groups in total. The van der Waals surface area contributed by atoms with Crippen molar-refractivity contribution in [3.63, 3.8) is 0 Å². The number of benzene rings is 1. The summed E-state index contributed by atoms with van der Waals surface area (Å²) >= 11 is 5.51.